The van der Waals surface area contributed by atoms with Gasteiger partial charge in [-0.3, -0.25) is 0 Å². The Hall–Kier alpha value is -8.72. The van der Waals surface area contributed by atoms with Gasteiger partial charge in [-0.15, -0.1) is 0 Å². The lowest BCUT2D eigenvalue weighted by molar-refractivity contribution is 0.669. The summed E-state index contributed by atoms with van der Waals surface area (Å²) in [6.45, 7) is 0. The first kappa shape index (κ1) is 37.6. The summed E-state index contributed by atoms with van der Waals surface area (Å²) in [6.07, 6.45) is 0. The summed E-state index contributed by atoms with van der Waals surface area (Å²) < 4.78 is 6.27. The molecule has 312 valence electrons. The molecule has 11 aromatic carbocycles. The van der Waals surface area contributed by atoms with E-state index in [1.165, 1.54) is 77.5 Å². The van der Waals surface area contributed by atoms with E-state index in [1.54, 1.807) is 0 Å². The molecule has 2 aliphatic rings. The summed E-state index contributed by atoms with van der Waals surface area (Å²) in [6, 6.07) is 91.3. The zero-order valence-corrected chi connectivity index (χ0v) is 36.5. The van der Waals surface area contributed by atoms with Crippen LogP contribution in [0.5, 0.6) is 0 Å². The van der Waals surface area contributed by atoms with Crippen molar-refractivity contribution >= 4 is 49.8 Å². The van der Waals surface area contributed by atoms with Gasteiger partial charge in [0.1, 0.15) is 11.2 Å². The fraction of sp³-hybridized carbons (Fsp3) is 0.0154. The highest BCUT2D eigenvalue weighted by molar-refractivity contribution is 6.07. The zero-order chi connectivity index (χ0) is 44.1. The molecule has 0 saturated carbocycles. The van der Waals surface area contributed by atoms with E-state index in [4.69, 9.17) is 4.42 Å². The van der Waals surface area contributed by atoms with E-state index in [1.807, 2.05) is 12.1 Å². The Morgan fingerprint density at radius 2 is 0.776 bits per heavy atom. The lowest BCUT2D eigenvalue weighted by atomic mass is 9.70. The Labute approximate surface area is 389 Å². The van der Waals surface area contributed by atoms with Crippen LogP contribution in [0.2, 0.25) is 0 Å². The van der Waals surface area contributed by atoms with Gasteiger partial charge in [-0.05, 0) is 138 Å². The standard InChI is InChI=1S/C65H41NO/c1-2-16-49-43(14-1)15-13-22-50(49)44-30-36-48(37-31-44)66(62-26-11-6-17-51(62)46-33-39-64-57(40-46)56-21-7-12-27-63(56)67-64)47-34-28-42(29-35-47)45-32-38-55-54-20-5-10-25-60(54)65(61(55)41-45)58-23-8-3-18-52(58)53-19-4-9-24-59(53)65/h1-41H. The van der Waals surface area contributed by atoms with Gasteiger partial charge in [-0.2, -0.15) is 0 Å². The van der Waals surface area contributed by atoms with Crippen LogP contribution in [0.4, 0.5) is 17.1 Å². The van der Waals surface area contributed by atoms with Gasteiger partial charge in [0.25, 0.3) is 0 Å². The number of hydrogen-bond acceptors (Lipinski definition) is 2. The van der Waals surface area contributed by atoms with Crippen molar-refractivity contribution in [2.75, 3.05) is 4.90 Å². The summed E-state index contributed by atoms with van der Waals surface area (Å²) >= 11 is 0. The number of anilines is 3. The number of nitrogens with zero attached hydrogens (tertiary/aromatic N) is 1. The summed E-state index contributed by atoms with van der Waals surface area (Å²) in [7, 11) is 0. The average Bonchev–Trinajstić information content (AvgIpc) is 4.03. The van der Waals surface area contributed by atoms with Crippen molar-refractivity contribution in [2.24, 2.45) is 0 Å². The summed E-state index contributed by atoms with van der Waals surface area (Å²) in [5.74, 6) is 0. The molecule has 0 saturated heterocycles. The first-order valence-corrected chi connectivity index (χ1v) is 23.2. The van der Waals surface area contributed by atoms with Crippen molar-refractivity contribution in [3.63, 3.8) is 0 Å². The average molecular weight is 852 g/mol. The lowest BCUT2D eigenvalue weighted by Gasteiger charge is -2.30. The third-order valence-corrected chi connectivity index (χ3v) is 14.5. The molecule has 2 heteroatoms. The minimum Gasteiger partial charge on any atom is -0.456 e. The molecular weight excluding hydrogens is 811 g/mol. The number of para-hydroxylation sites is 2. The summed E-state index contributed by atoms with van der Waals surface area (Å²) in [5.41, 5.74) is 22.4. The first-order valence-electron chi connectivity index (χ1n) is 23.2. The van der Waals surface area contributed by atoms with E-state index in [2.05, 4.69) is 241 Å². The Morgan fingerprint density at radius 3 is 1.48 bits per heavy atom. The number of rotatable bonds is 6. The molecule has 14 rings (SSSR count). The Morgan fingerprint density at radius 1 is 0.284 bits per heavy atom. The van der Waals surface area contributed by atoms with Crippen molar-refractivity contribution in [1.29, 1.82) is 0 Å². The van der Waals surface area contributed by atoms with E-state index in [9.17, 15) is 0 Å². The Bertz CT molecular complexity index is 3860. The van der Waals surface area contributed by atoms with Gasteiger partial charge < -0.3 is 9.32 Å². The second-order valence-electron chi connectivity index (χ2n) is 17.9. The third kappa shape index (κ3) is 5.57. The molecule has 0 atom stereocenters. The smallest absolute Gasteiger partial charge is 0.135 e. The van der Waals surface area contributed by atoms with Crippen LogP contribution in [0.15, 0.2) is 253 Å². The molecule has 0 unspecified atom stereocenters. The molecule has 0 N–H and O–H groups in total. The Balaban J connectivity index is 0.910. The van der Waals surface area contributed by atoms with Crippen LogP contribution in [-0.2, 0) is 5.41 Å². The largest absolute Gasteiger partial charge is 0.456 e. The summed E-state index contributed by atoms with van der Waals surface area (Å²) in [5, 5.41) is 4.72. The first-order chi connectivity index (χ1) is 33.2. The second-order valence-corrected chi connectivity index (χ2v) is 17.9. The van der Waals surface area contributed by atoms with Crippen molar-refractivity contribution in [3.05, 3.63) is 271 Å². The predicted molar refractivity (Wildman–Crippen MR) is 279 cm³/mol. The quantitative estimate of drug-likeness (QED) is 0.166. The fourth-order valence-corrected chi connectivity index (χ4v) is 11.6. The van der Waals surface area contributed by atoms with E-state index in [-0.39, 0.29) is 5.41 Å². The predicted octanol–water partition coefficient (Wildman–Crippen LogP) is 17.6. The molecule has 0 bridgehead atoms. The summed E-state index contributed by atoms with van der Waals surface area (Å²) in [4.78, 5) is 2.41. The normalized spacial score (nSPS) is 12.9. The van der Waals surface area contributed by atoms with Crippen molar-refractivity contribution in [3.8, 4) is 55.6 Å². The van der Waals surface area contributed by atoms with Crippen molar-refractivity contribution < 1.29 is 4.42 Å². The number of hydrogen-bond donors (Lipinski definition) is 0. The molecular formula is C65H41NO. The highest BCUT2D eigenvalue weighted by Gasteiger charge is 2.51. The Kier molecular flexibility index (Phi) is 8.23. The molecule has 67 heavy (non-hydrogen) atoms. The maximum absolute atomic E-state index is 6.27. The highest BCUT2D eigenvalue weighted by atomic mass is 16.3. The van der Waals surface area contributed by atoms with Gasteiger partial charge in [0, 0.05) is 27.7 Å². The number of furan rings is 1. The van der Waals surface area contributed by atoms with Crippen LogP contribution >= 0.6 is 0 Å². The minimum absolute atomic E-state index is 0.389. The van der Waals surface area contributed by atoms with E-state index < -0.39 is 0 Å². The molecule has 12 aromatic rings. The molecule has 0 fully saturated rings. The molecule has 2 aliphatic carbocycles. The maximum atomic E-state index is 6.27. The van der Waals surface area contributed by atoms with Crippen LogP contribution in [0, 0.1) is 0 Å². The van der Waals surface area contributed by atoms with Gasteiger partial charge in [0.2, 0.25) is 0 Å². The molecule has 2 nitrogen and oxygen atoms in total. The van der Waals surface area contributed by atoms with Gasteiger partial charge in [0.05, 0.1) is 11.1 Å². The van der Waals surface area contributed by atoms with E-state index >= 15 is 0 Å². The molecule has 0 radical (unpaired) electrons. The van der Waals surface area contributed by atoms with E-state index in [0.29, 0.717) is 0 Å². The fourth-order valence-electron chi connectivity index (χ4n) is 11.6. The molecule has 1 aromatic heterocycles. The highest BCUT2D eigenvalue weighted by Crippen LogP contribution is 2.63. The zero-order valence-electron chi connectivity index (χ0n) is 36.5. The minimum atomic E-state index is -0.389. The topological polar surface area (TPSA) is 16.4 Å². The van der Waals surface area contributed by atoms with Crippen LogP contribution in [0.1, 0.15) is 22.3 Å². The second kappa shape index (κ2) is 14.7. The van der Waals surface area contributed by atoms with E-state index in [0.717, 1.165) is 50.1 Å². The van der Waals surface area contributed by atoms with Crippen molar-refractivity contribution in [1.82, 2.24) is 0 Å². The van der Waals surface area contributed by atoms with Gasteiger partial charge >= 0.3 is 0 Å². The third-order valence-electron chi connectivity index (χ3n) is 14.5. The van der Waals surface area contributed by atoms with Crippen LogP contribution in [0.3, 0.4) is 0 Å². The van der Waals surface area contributed by atoms with Crippen LogP contribution in [0.25, 0.3) is 88.3 Å². The maximum Gasteiger partial charge on any atom is 0.135 e. The number of fused-ring (bicyclic) bond motifs is 14. The molecule has 0 aliphatic heterocycles. The number of benzene rings is 11. The lowest BCUT2D eigenvalue weighted by Crippen LogP contribution is -2.25. The molecule has 0 amide bonds. The van der Waals surface area contributed by atoms with Gasteiger partial charge in [-0.25, -0.2) is 0 Å². The SMILES string of the molecule is c1ccc(N(c2ccc(-c3ccc4c(c3)C3(c5ccccc5-c5ccccc53)c3ccccc3-4)cc2)c2ccc(-c3cccc4ccccc34)cc2)c(-c2ccc3oc4ccccc4c3c2)c1. The van der Waals surface area contributed by atoms with Crippen LogP contribution < -0.4 is 4.90 Å². The van der Waals surface area contributed by atoms with Gasteiger partial charge in [0.15, 0.2) is 0 Å². The van der Waals surface area contributed by atoms with Crippen molar-refractivity contribution in [2.45, 2.75) is 5.41 Å². The molecule has 1 heterocycles. The molecule has 1 spiro atoms. The van der Waals surface area contributed by atoms with Gasteiger partial charge in [-0.1, -0.05) is 194 Å². The van der Waals surface area contributed by atoms with Crippen LogP contribution in [-0.4, -0.2) is 0 Å². The monoisotopic (exact) mass is 851 g/mol.